The lowest BCUT2D eigenvalue weighted by molar-refractivity contribution is 0.0846. The molecule has 0 amide bonds. The first-order valence-electron chi connectivity index (χ1n) is 8.10. The van der Waals surface area contributed by atoms with Gasteiger partial charge in [0, 0.05) is 6.04 Å². The number of likely N-dealkylation sites (tertiary alicyclic amines) is 1. The third-order valence-corrected chi connectivity index (χ3v) is 4.94. The van der Waals surface area contributed by atoms with Crippen LogP contribution in [0.2, 0.25) is 0 Å². The molecule has 1 saturated heterocycles. The normalized spacial score (nSPS) is 31.7. The zero-order chi connectivity index (χ0) is 14.4. The van der Waals surface area contributed by atoms with Gasteiger partial charge in [-0.25, -0.2) is 0 Å². The second-order valence-electron chi connectivity index (χ2n) is 6.30. The van der Waals surface area contributed by atoms with E-state index in [2.05, 4.69) is 36.6 Å². The molecular weight excluding hydrogens is 246 g/mol. The first-order valence-corrected chi connectivity index (χ1v) is 8.10. The maximum Gasteiger partial charge on any atom is 0.0586 e. The van der Waals surface area contributed by atoms with Crippen molar-refractivity contribution in [2.75, 3.05) is 19.7 Å². The lowest BCUT2D eigenvalue weighted by Crippen LogP contribution is -2.42. The van der Waals surface area contributed by atoms with Crippen molar-refractivity contribution in [2.24, 2.45) is 11.8 Å². The Morgan fingerprint density at radius 1 is 1.45 bits per heavy atom. The van der Waals surface area contributed by atoms with Crippen molar-refractivity contribution in [1.82, 2.24) is 4.90 Å². The largest absolute Gasteiger partial charge is 0.395 e. The predicted molar refractivity (Wildman–Crippen MR) is 85.6 cm³/mol. The van der Waals surface area contributed by atoms with Crippen molar-refractivity contribution in [2.45, 2.75) is 45.1 Å². The van der Waals surface area contributed by atoms with Gasteiger partial charge in [0.15, 0.2) is 0 Å². The molecule has 2 rings (SSSR count). The summed E-state index contributed by atoms with van der Waals surface area (Å²) in [4.78, 5) is 2.50. The first-order chi connectivity index (χ1) is 9.74. The van der Waals surface area contributed by atoms with E-state index in [-0.39, 0.29) is 0 Å². The van der Waals surface area contributed by atoms with Crippen LogP contribution in [0.15, 0.2) is 36.5 Å². The van der Waals surface area contributed by atoms with Gasteiger partial charge >= 0.3 is 0 Å². The monoisotopic (exact) mass is 275 g/mol. The van der Waals surface area contributed by atoms with Crippen LogP contribution >= 0.6 is 0 Å². The van der Waals surface area contributed by atoms with Crippen LogP contribution in [0.4, 0.5) is 0 Å². The maximum atomic E-state index is 9.49. The quantitative estimate of drug-likeness (QED) is 0.829. The molecule has 1 aliphatic carbocycles. The van der Waals surface area contributed by atoms with Crippen molar-refractivity contribution in [3.8, 4) is 0 Å². The van der Waals surface area contributed by atoms with Crippen molar-refractivity contribution < 1.29 is 5.11 Å². The van der Waals surface area contributed by atoms with E-state index in [1.165, 1.54) is 24.8 Å². The second kappa shape index (κ2) is 7.80. The fourth-order valence-electron chi connectivity index (χ4n) is 3.40. The van der Waals surface area contributed by atoms with Crippen LogP contribution in [-0.2, 0) is 0 Å². The molecule has 2 nitrogen and oxygen atoms in total. The molecule has 0 aromatic heterocycles. The number of nitrogens with zero attached hydrogens (tertiary/aromatic N) is 1. The highest BCUT2D eigenvalue weighted by atomic mass is 16.3. The van der Waals surface area contributed by atoms with E-state index in [0.29, 0.717) is 24.5 Å². The second-order valence-corrected chi connectivity index (χ2v) is 6.30. The van der Waals surface area contributed by atoms with Crippen molar-refractivity contribution in [3.05, 3.63) is 36.5 Å². The molecular formula is C18H29NO. The molecule has 0 saturated carbocycles. The van der Waals surface area contributed by atoms with Gasteiger partial charge in [-0.15, -0.1) is 0 Å². The van der Waals surface area contributed by atoms with Crippen molar-refractivity contribution >= 4 is 0 Å². The number of aliphatic hydroxyl groups is 1. The zero-order valence-corrected chi connectivity index (χ0v) is 12.8. The summed E-state index contributed by atoms with van der Waals surface area (Å²) < 4.78 is 0. The lowest BCUT2D eigenvalue weighted by Gasteiger charge is -2.35. The number of allylic oxidation sites excluding steroid dienone is 5. The molecule has 0 spiro atoms. The van der Waals surface area contributed by atoms with Crippen LogP contribution in [0.5, 0.6) is 0 Å². The van der Waals surface area contributed by atoms with E-state index in [1.807, 2.05) is 6.08 Å². The molecule has 3 atom stereocenters. The molecule has 2 heteroatoms. The Balaban J connectivity index is 1.88. The van der Waals surface area contributed by atoms with Gasteiger partial charge in [-0.05, 0) is 56.2 Å². The molecule has 1 fully saturated rings. The molecule has 1 heterocycles. The van der Waals surface area contributed by atoms with Gasteiger partial charge in [0.25, 0.3) is 0 Å². The number of piperidine rings is 1. The Labute approximate surface area is 123 Å². The Morgan fingerprint density at radius 2 is 2.30 bits per heavy atom. The van der Waals surface area contributed by atoms with Crippen LogP contribution < -0.4 is 0 Å². The SMILES string of the molecule is C=CC1=CCC(C)C(CCN2CCCCC2CO)C=C1. The summed E-state index contributed by atoms with van der Waals surface area (Å²) in [5.41, 5.74) is 1.26. The summed E-state index contributed by atoms with van der Waals surface area (Å²) in [6.07, 6.45) is 14.9. The highest BCUT2D eigenvalue weighted by Gasteiger charge is 2.23. The molecule has 2 aliphatic rings. The topological polar surface area (TPSA) is 23.5 Å². The third-order valence-electron chi connectivity index (χ3n) is 4.94. The van der Waals surface area contributed by atoms with E-state index >= 15 is 0 Å². The highest BCUT2D eigenvalue weighted by molar-refractivity contribution is 5.30. The molecule has 1 N–H and O–H groups in total. The average molecular weight is 275 g/mol. The minimum Gasteiger partial charge on any atom is -0.395 e. The van der Waals surface area contributed by atoms with Crippen LogP contribution in [0.1, 0.15) is 39.0 Å². The Morgan fingerprint density at radius 3 is 3.05 bits per heavy atom. The predicted octanol–water partition coefficient (Wildman–Crippen LogP) is 3.55. The number of hydrogen-bond acceptors (Lipinski definition) is 2. The highest BCUT2D eigenvalue weighted by Crippen LogP contribution is 2.27. The van der Waals surface area contributed by atoms with Crippen LogP contribution in [0.3, 0.4) is 0 Å². The van der Waals surface area contributed by atoms with Crippen molar-refractivity contribution in [1.29, 1.82) is 0 Å². The minimum atomic E-state index is 0.318. The molecule has 112 valence electrons. The van der Waals surface area contributed by atoms with Crippen LogP contribution in [0.25, 0.3) is 0 Å². The van der Waals surface area contributed by atoms with Gasteiger partial charge in [0.2, 0.25) is 0 Å². The third kappa shape index (κ3) is 4.07. The van der Waals surface area contributed by atoms with E-state index in [4.69, 9.17) is 0 Å². The van der Waals surface area contributed by atoms with Gasteiger partial charge in [-0.1, -0.05) is 44.2 Å². The average Bonchev–Trinajstić information content (AvgIpc) is 2.67. The van der Waals surface area contributed by atoms with Gasteiger partial charge in [0.1, 0.15) is 0 Å². The van der Waals surface area contributed by atoms with Gasteiger partial charge in [0.05, 0.1) is 6.61 Å². The van der Waals surface area contributed by atoms with Crippen molar-refractivity contribution in [3.63, 3.8) is 0 Å². The van der Waals surface area contributed by atoms with E-state index in [0.717, 1.165) is 25.9 Å². The summed E-state index contributed by atoms with van der Waals surface area (Å²) in [5, 5.41) is 9.49. The Hall–Kier alpha value is -0.860. The fourth-order valence-corrected chi connectivity index (χ4v) is 3.40. The summed E-state index contributed by atoms with van der Waals surface area (Å²) in [6, 6.07) is 0.399. The van der Waals surface area contributed by atoms with Gasteiger partial charge in [-0.3, -0.25) is 4.90 Å². The fraction of sp³-hybridized carbons (Fsp3) is 0.667. The number of aliphatic hydroxyl groups excluding tert-OH is 1. The maximum absolute atomic E-state index is 9.49. The standard InChI is InChI=1S/C18H29NO/c1-3-16-8-7-15(2)17(10-9-16)11-13-19-12-5-4-6-18(19)14-20/h3,8-10,15,17-18,20H,1,4-7,11-14H2,2H3. The molecule has 20 heavy (non-hydrogen) atoms. The number of rotatable bonds is 5. The molecule has 0 radical (unpaired) electrons. The van der Waals surface area contributed by atoms with Gasteiger partial charge < -0.3 is 5.11 Å². The lowest BCUT2D eigenvalue weighted by atomic mass is 9.88. The molecule has 0 aromatic carbocycles. The zero-order valence-electron chi connectivity index (χ0n) is 12.8. The van der Waals surface area contributed by atoms with Crippen LogP contribution in [-0.4, -0.2) is 35.7 Å². The molecule has 3 unspecified atom stereocenters. The van der Waals surface area contributed by atoms with E-state index in [1.54, 1.807) is 0 Å². The van der Waals surface area contributed by atoms with Gasteiger partial charge in [-0.2, -0.15) is 0 Å². The summed E-state index contributed by atoms with van der Waals surface area (Å²) >= 11 is 0. The Bertz CT molecular complexity index is 372. The molecule has 0 aromatic rings. The summed E-state index contributed by atoms with van der Waals surface area (Å²) in [7, 11) is 0. The molecule has 0 bridgehead atoms. The molecule has 1 aliphatic heterocycles. The number of hydrogen-bond donors (Lipinski definition) is 1. The van der Waals surface area contributed by atoms with E-state index in [9.17, 15) is 5.11 Å². The summed E-state index contributed by atoms with van der Waals surface area (Å²) in [5.74, 6) is 1.34. The Kier molecular flexibility index (Phi) is 6.06. The van der Waals surface area contributed by atoms with E-state index < -0.39 is 0 Å². The smallest absolute Gasteiger partial charge is 0.0586 e. The van der Waals surface area contributed by atoms with Crippen LogP contribution in [0, 0.1) is 11.8 Å². The minimum absolute atomic E-state index is 0.318. The first kappa shape index (κ1) is 15.5. The summed E-state index contributed by atoms with van der Waals surface area (Å²) in [6.45, 7) is 8.80.